The lowest BCUT2D eigenvalue weighted by Crippen LogP contribution is -2.49. The Hall–Kier alpha value is -3.34. The van der Waals surface area contributed by atoms with Crippen LogP contribution in [-0.2, 0) is 24.1 Å². The zero-order valence-electron chi connectivity index (χ0n) is 22.7. The molecule has 0 saturated carbocycles. The Morgan fingerprint density at radius 2 is 1.72 bits per heavy atom. The highest BCUT2D eigenvalue weighted by Gasteiger charge is 2.36. The van der Waals surface area contributed by atoms with Crippen LogP contribution in [0.3, 0.4) is 0 Å². The van der Waals surface area contributed by atoms with Gasteiger partial charge in [0.05, 0.1) is 12.2 Å². The van der Waals surface area contributed by atoms with Crippen molar-refractivity contribution in [2.45, 2.75) is 58.9 Å². The number of likely N-dealkylation sites (tertiary alicyclic amines) is 1. The number of nitrogens with zero attached hydrogens (tertiary/aromatic N) is 2. The third-order valence-corrected chi connectivity index (χ3v) is 6.06. The number of hydrogen-bond acceptors (Lipinski definition) is 4. The van der Waals surface area contributed by atoms with Crippen LogP contribution in [0, 0.1) is 11.7 Å². The first-order valence-corrected chi connectivity index (χ1v) is 12.8. The standard InChI is InChI=1S/C26H33F4N3O2.C2H4O2/c1-18(2)17-35-23-8-4-19(5-9-23)15-31-25(34)33(22-10-12-32(3)13-11-22)16-20-6-7-21(27)14-24(20)26(28,29)30;1-2(3)4/h4-9,14,18,22H,10-13,15-17H2,1-3H3,(H,31,34);1H3,(H,3,4). The number of carboxylic acids is 1. The molecule has 0 bridgehead atoms. The van der Waals surface area contributed by atoms with E-state index >= 15 is 0 Å². The first-order valence-electron chi connectivity index (χ1n) is 12.8. The minimum absolute atomic E-state index is 0.125. The number of halogens is 4. The highest BCUT2D eigenvalue weighted by atomic mass is 19.4. The Labute approximate surface area is 226 Å². The average Bonchev–Trinajstić information content (AvgIpc) is 2.85. The van der Waals surface area contributed by atoms with Gasteiger partial charge in [-0.15, -0.1) is 0 Å². The molecule has 1 fully saturated rings. The summed E-state index contributed by atoms with van der Waals surface area (Å²) in [4.78, 5) is 25.8. The molecule has 216 valence electrons. The summed E-state index contributed by atoms with van der Waals surface area (Å²) in [5.74, 6) is -0.659. The molecule has 1 saturated heterocycles. The molecule has 2 aromatic rings. The lowest BCUT2D eigenvalue weighted by molar-refractivity contribution is -0.138. The Balaban J connectivity index is 0.00000124. The Morgan fingerprint density at radius 3 is 2.26 bits per heavy atom. The van der Waals surface area contributed by atoms with Crippen molar-refractivity contribution in [3.05, 3.63) is 65.0 Å². The fraction of sp³-hybridized carbons (Fsp3) is 0.500. The number of aliphatic carboxylic acids is 1. The largest absolute Gasteiger partial charge is 0.493 e. The molecule has 0 unspecified atom stereocenters. The summed E-state index contributed by atoms with van der Waals surface area (Å²) in [6.45, 7) is 7.25. The number of carboxylic acid groups (broad SMARTS) is 1. The van der Waals surface area contributed by atoms with Gasteiger partial charge in [0.1, 0.15) is 11.6 Å². The quantitative estimate of drug-likeness (QED) is 0.404. The van der Waals surface area contributed by atoms with Crippen LogP contribution in [0.15, 0.2) is 42.5 Å². The van der Waals surface area contributed by atoms with E-state index in [2.05, 4.69) is 24.1 Å². The second-order valence-corrected chi connectivity index (χ2v) is 9.99. The van der Waals surface area contributed by atoms with Gasteiger partial charge in [0.15, 0.2) is 0 Å². The van der Waals surface area contributed by atoms with Crippen LogP contribution in [-0.4, -0.2) is 59.7 Å². The molecule has 7 nitrogen and oxygen atoms in total. The van der Waals surface area contributed by atoms with E-state index in [1.807, 2.05) is 31.3 Å². The Morgan fingerprint density at radius 1 is 1.13 bits per heavy atom. The predicted octanol–water partition coefficient (Wildman–Crippen LogP) is 5.78. The topological polar surface area (TPSA) is 82.1 Å². The summed E-state index contributed by atoms with van der Waals surface area (Å²) in [6.07, 6.45) is -3.42. The molecule has 0 atom stereocenters. The highest BCUT2D eigenvalue weighted by Crippen LogP contribution is 2.34. The summed E-state index contributed by atoms with van der Waals surface area (Å²) in [5, 5.41) is 10.3. The van der Waals surface area contributed by atoms with Crippen molar-refractivity contribution in [3.63, 3.8) is 0 Å². The van der Waals surface area contributed by atoms with E-state index in [0.29, 0.717) is 31.4 Å². The maximum absolute atomic E-state index is 13.6. The molecule has 0 radical (unpaired) electrons. The summed E-state index contributed by atoms with van der Waals surface area (Å²) in [7, 11) is 1.97. The van der Waals surface area contributed by atoms with E-state index in [1.54, 1.807) is 0 Å². The van der Waals surface area contributed by atoms with Gasteiger partial charge in [-0.1, -0.05) is 32.0 Å². The van der Waals surface area contributed by atoms with Gasteiger partial charge in [0, 0.05) is 26.1 Å². The molecule has 2 N–H and O–H groups in total. The van der Waals surface area contributed by atoms with Gasteiger partial charge in [0.25, 0.3) is 5.97 Å². The van der Waals surface area contributed by atoms with Crippen molar-refractivity contribution >= 4 is 12.0 Å². The molecule has 2 amide bonds. The van der Waals surface area contributed by atoms with Crippen molar-refractivity contribution in [3.8, 4) is 5.75 Å². The first kappa shape index (κ1) is 31.9. The van der Waals surface area contributed by atoms with Crippen molar-refractivity contribution in [2.24, 2.45) is 5.92 Å². The number of ether oxygens (including phenoxy) is 1. The summed E-state index contributed by atoms with van der Waals surface area (Å²) in [5.41, 5.74) is -0.337. The Bertz CT molecular complexity index is 1070. The van der Waals surface area contributed by atoms with Gasteiger partial charge < -0.3 is 25.0 Å². The number of amides is 2. The zero-order valence-corrected chi connectivity index (χ0v) is 22.7. The third kappa shape index (κ3) is 11.1. The van der Waals surface area contributed by atoms with Crippen LogP contribution in [0.1, 0.15) is 50.3 Å². The van der Waals surface area contributed by atoms with Crippen LogP contribution in [0.5, 0.6) is 5.75 Å². The minimum atomic E-state index is -4.72. The monoisotopic (exact) mass is 555 g/mol. The number of alkyl halides is 3. The van der Waals surface area contributed by atoms with Gasteiger partial charge in [-0.05, 0) is 74.3 Å². The van der Waals surface area contributed by atoms with Gasteiger partial charge >= 0.3 is 12.2 Å². The van der Waals surface area contributed by atoms with E-state index in [4.69, 9.17) is 14.6 Å². The number of hydrogen-bond donors (Lipinski definition) is 2. The van der Waals surface area contributed by atoms with E-state index in [0.717, 1.165) is 43.5 Å². The van der Waals surface area contributed by atoms with E-state index in [9.17, 15) is 22.4 Å². The van der Waals surface area contributed by atoms with Crippen molar-refractivity contribution in [2.75, 3.05) is 26.7 Å². The lowest BCUT2D eigenvalue weighted by Gasteiger charge is -2.37. The summed E-state index contributed by atoms with van der Waals surface area (Å²) < 4.78 is 60.0. The highest BCUT2D eigenvalue weighted by molar-refractivity contribution is 5.74. The molecular weight excluding hydrogens is 518 g/mol. The van der Waals surface area contributed by atoms with Crippen LogP contribution >= 0.6 is 0 Å². The predicted molar refractivity (Wildman–Crippen MR) is 140 cm³/mol. The SMILES string of the molecule is CC(=O)O.CC(C)COc1ccc(CNC(=O)N(Cc2ccc(F)cc2C(F)(F)F)C2CCN(C)CC2)cc1. The molecule has 0 aromatic heterocycles. The fourth-order valence-corrected chi connectivity index (χ4v) is 4.05. The molecule has 39 heavy (non-hydrogen) atoms. The van der Waals surface area contributed by atoms with Crippen LogP contribution in [0.4, 0.5) is 22.4 Å². The van der Waals surface area contributed by atoms with Gasteiger partial charge in [0.2, 0.25) is 0 Å². The Kier molecular flexibility index (Phi) is 12.0. The maximum Gasteiger partial charge on any atom is 0.416 e. The molecule has 0 spiro atoms. The van der Waals surface area contributed by atoms with E-state index in [-0.39, 0.29) is 24.7 Å². The maximum atomic E-state index is 13.6. The number of piperidine rings is 1. The number of carbonyl (C=O) groups is 2. The number of rotatable bonds is 8. The van der Waals surface area contributed by atoms with Crippen LogP contribution in [0.25, 0.3) is 0 Å². The molecular formula is C28H37F4N3O4. The van der Waals surface area contributed by atoms with Crippen molar-refractivity contribution in [1.82, 2.24) is 15.1 Å². The molecule has 0 aliphatic carbocycles. The molecule has 3 rings (SSSR count). The lowest BCUT2D eigenvalue weighted by atomic mass is 10.0. The minimum Gasteiger partial charge on any atom is -0.493 e. The molecule has 2 aromatic carbocycles. The van der Waals surface area contributed by atoms with E-state index < -0.39 is 29.6 Å². The van der Waals surface area contributed by atoms with Crippen LogP contribution < -0.4 is 10.1 Å². The number of carbonyl (C=O) groups excluding carboxylic acids is 1. The zero-order chi connectivity index (χ0) is 29.2. The summed E-state index contributed by atoms with van der Waals surface area (Å²) in [6, 6.07) is 9.28. The average molecular weight is 556 g/mol. The first-order chi connectivity index (χ1) is 18.3. The van der Waals surface area contributed by atoms with Gasteiger partial charge in [-0.3, -0.25) is 4.79 Å². The second kappa shape index (κ2) is 14.7. The number of urea groups is 1. The molecule has 11 heteroatoms. The molecule has 1 aliphatic heterocycles. The number of benzene rings is 2. The number of nitrogens with one attached hydrogen (secondary N) is 1. The van der Waals surface area contributed by atoms with Gasteiger partial charge in [-0.25, -0.2) is 9.18 Å². The summed E-state index contributed by atoms with van der Waals surface area (Å²) >= 11 is 0. The van der Waals surface area contributed by atoms with Crippen molar-refractivity contribution < 1.29 is 37.0 Å². The normalized spacial score (nSPS) is 14.4. The van der Waals surface area contributed by atoms with E-state index in [1.165, 1.54) is 4.90 Å². The smallest absolute Gasteiger partial charge is 0.416 e. The molecule has 1 heterocycles. The third-order valence-electron chi connectivity index (χ3n) is 6.06. The van der Waals surface area contributed by atoms with Crippen LogP contribution in [0.2, 0.25) is 0 Å². The fourth-order valence-electron chi connectivity index (χ4n) is 4.05. The van der Waals surface area contributed by atoms with Crippen molar-refractivity contribution in [1.29, 1.82) is 0 Å². The van der Waals surface area contributed by atoms with Gasteiger partial charge in [-0.2, -0.15) is 13.2 Å². The second-order valence-electron chi connectivity index (χ2n) is 9.99. The molecule has 1 aliphatic rings.